The van der Waals surface area contributed by atoms with Crippen LogP contribution in [0.4, 0.5) is 19.3 Å². The number of nitrogens with one attached hydrogen (secondary N) is 1. The van der Waals surface area contributed by atoms with Crippen LogP contribution in [-0.2, 0) is 24.8 Å². The Bertz CT molecular complexity index is 1850. The quantitative estimate of drug-likeness (QED) is 0.289. The second kappa shape index (κ2) is 16.3. The number of amides is 2. The average Bonchev–Trinajstić information content (AvgIpc) is 3.52. The van der Waals surface area contributed by atoms with Crippen molar-refractivity contribution >= 4 is 27.5 Å². The summed E-state index contributed by atoms with van der Waals surface area (Å²) >= 11 is 0. The van der Waals surface area contributed by atoms with Gasteiger partial charge in [0.15, 0.2) is 10.6 Å². The van der Waals surface area contributed by atoms with Gasteiger partial charge in [0.2, 0.25) is 15.7 Å². The molecule has 11 nitrogen and oxygen atoms in total. The predicted octanol–water partition coefficient (Wildman–Crippen LogP) is 4.90. The number of anilines is 1. The topological polar surface area (TPSA) is 123 Å². The molecule has 2 amide bonds. The molecular formula is C42H57F2N5O6S. The number of benzene rings is 2. The van der Waals surface area contributed by atoms with Crippen molar-refractivity contribution in [1.82, 2.24) is 20.0 Å². The van der Waals surface area contributed by atoms with Crippen molar-refractivity contribution in [2.75, 3.05) is 77.5 Å². The van der Waals surface area contributed by atoms with E-state index >= 15 is 8.78 Å². The first kappa shape index (κ1) is 40.6. The van der Waals surface area contributed by atoms with E-state index < -0.39 is 37.9 Å². The van der Waals surface area contributed by atoms with Gasteiger partial charge in [-0.1, -0.05) is 25.1 Å². The van der Waals surface area contributed by atoms with Crippen molar-refractivity contribution in [2.45, 2.75) is 84.7 Å². The number of alkyl carbamates (subject to hydrolysis) is 1. The summed E-state index contributed by atoms with van der Waals surface area (Å²) in [4.78, 5) is 30.5. The Morgan fingerprint density at radius 1 is 0.964 bits per heavy atom. The molecule has 7 rings (SSSR count). The number of piperidine rings is 1. The minimum atomic E-state index is -4.21. The first-order valence-electron chi connectivity index (χ1n) is 20.3. The summed E-state index contributed by atoms with van der Waals surface area (Å²) in [5.41, 5.74) is -0.155. The standard InChI is InChI=1S/C42H57F2N5O6S/c1-3-38(50)48-22-5-4-19-41(52,29-48)56(53,54)35-15-13-34(14-16-35)49-27-40(44,28-49)26-47-23-17-31(18-24-47)42(30-46-20-8-21-46,32-9-6-10-33(43)25-32)36-11-7-12-37(36)45-39(51)55-2/h3,6,9-10,13-16,25,31,36-37,52H,1,4-5,7-8,11-12,17-24,26-30H2,2H3,(H,45,51)/t36-,37-,41-,42?/m0/s1. The van der Waals surface area contributed by atoms with Crippen molar-refractivity contribution < 1.29 is 36.6 Å². The summed E-state index contributed by atoms with van der Waals surface area (Å²) in [6.07, 6.45) is 7.26. The number of alkyl halides is 1. The normalized spacial score (nSPS) is 27.4. The largest absolute Gasteiger partial charge is 0.453 e. The molecule has 14 heteroatoms. The zero-order valence-electron chi connectivity index (χ0n) is 32.5. The van der Waals surface area contributed by atoms with Gasteiger partial charge in [0.1, 0.15) is 5.82 Å². The van der Waals surface area contributed by atoms with E-state index in [1.807, 2.05) is 4.90 Å². The lowest BCUT2D eigenvalue weighted by molar-refractivity contribution is -0.127. The van der Waals surface area contributed by atoms with Crippen molar-refractivity contribution in [3.8, 4) is 0 Å². The number of rotatable bonds is 12. The highest BCUT2D eigenvalue weighted by Gasteiger charge is 2.54. The van der Waals surface area contributed by atoms with Crippen LogP contribution in [0.1, 0.15) is 63.4 Å². The minimum absolute atomic E-state index is 0.0175. The highest BCUT2D eigenvalue weighted by atomic mass is 32.2. The molecule has 0 aromatic heterocycles. The lowest BCUT2D eigenvalue weighted by Gasteiger charge is -2.54. The Kier molecular flexibility index (Phi) is 11.8. The summed E-state index contributed by atoms with van der Waals surface area (Å²) in [6, 6.07) is 13.2. The molecule has 2 N–H and O–H groups in total. The number of hydrogen-bond acceptors (Lipinski definition) is 9. The Balaban J connectivity index is 1.01. The zero-order chi connectivity index (χ0) is 39.7. The Morgan fingerprint density at radius 3 is 2.34 bits per heavy atom. The van der Waals surface area contributed by atoms with Crippen LogP contribution in [0.3, 0.4) is 0 Å². The molecule has 0 spiro atoms. The van der Waals surface area contributed by atoms with Crippen LogP contribution in [0.15, 0.2) is 66.1 Å². The van der Waals surface area contributed by atoms with Gasteiger partial charge < -0.3 is 29.9 Å². The van der Waals surface area contributed by atoms with Crippen molar-refractivity contribution in [3.63, 3.8) is 0 Å². The van der Waals surface area contributed by atoms with Gasteiger partial charge in [0, 0.05) is 36.8 Å². The number of hydrogen-bond donors (Lipinski definition) is 2. The molecule has 5 fully saturated rings. The summed E-state index contributed by atoms with van der Waals surface area (Å²) in [5.74, 6) is -0.380. The second-order valence-electron chi connectivity index (χ2n) is 16.9. The smallest absolute Gasteiger partial charge is 0.407 e. The molecule has 2 aromatic carbocycles. The number of methoxy groups -OCH3 is 1. The first-order valence-corrected chi connectivity index (χ1v) is 21.7. The fraction of sp³-hybridized carbons (Fsp3) is 0.619. The third kappa shape index (κ3) is 7.95. The van der Waals surface area contributed by atoms with Gasteiger partial charge in [-0.3, -0.25) is 9.69 Å². The number of sulfone groups is 1. The summed E-state index contributed by atoms with van der Waals surface area (Å²) < 4.78 is 63.7. The number of halogens is 2. The van der Waals surface area contributed by atoms with Crippen LogP contribution in [0.25, 0.3) is 0 Å². The molecule has 4 heterocycles. The van der Waals surface area contributed by atoms with Gasteiger partial charge in [-0.05, 0) is 137 Å². The molecule has 56 heavy (non-hydrogen) atoms. The monoisotopic (exact) mass is 797 g/mol. The molecule has 0 bridgehead atoms. The van der Waals surface area contributed by atoms with E-state index in [2.05, 4.69) is 27.8 Å². The Labute approximate surface area is 329 Å². The molecule has 1 unspecified atom stereocenters. The highest BCUT2D eigenvalue weighted by molar-refractivity contribution is 7.92. The lowest BCUT2D eigenvalue weighted by Crippen LogP contribution is -2.65. The highest BCUT2D eigenvalue weighted by Crippen LogP contribution is 2.52. The van der Waals surface area contributed by atoms with Crippen LogP contribution in [0, 0.1) is 17.7 Å². The van der Waals surface area contributed by atoms with E-state index in [0.29, 0.717) is 38.2 Å². The molecule has 1 aliphatic carbocycles. The molecule has 4 atom stereocenters. The van der Waals surface area contributed by atoms with Gasteiger partial charge >= 0.3 is 6.09 Å². The van der Waals surface area contributed by atoms with E-state index in [1.54, 1.807) is 24.3 Å². The van der Waals surface area contributed by atoms with Gasteiger partial charge in [-0.15, -0.1) is 0 Å². The van der Waals surface area contributed by atoms with E-state index in [-0.39, 0.29) is 61.2 Å². The van der Waals surface area contributed by atoms with Crippen molar-refractivity contribution in [3.05, 3.63) is 72.6 Å². The maximum Gasteiger partial charge on any atom is 0.407 e. The third-order valence-corrected chi connectivity index (χ3v) is 15.6. The number of ether oxygens (including phenoxy) is 1. The van der Waals surface area contributed by atoms with Crippen molar-refractivity contribution in [2.24, 2.45) is 11.8 Å². The molecular weight excluding hydrogens is 741 g/mol. The maximum absolute atomic E-state index is 16.3. The average molecular weight is 798 g/mol. The van der Waals surface area contributed by atoms with Crippen LogP contribution in [-0.4, -0.2) is 129 Å². The van der Waals surface area contributed by atoms with Crippen LogP contribution < -0.4 is 10.2 Å². The molecule has 0 radical (unpaired) electrons. The van der Waals surface area contributed by atoms with Crippen LogP contribution in [0.5, 0.6) is 0 Å². The second-order valence-corrected chi connectivity index (χ2v) is 19.1. The van der Waals surface area contributed by atoms with Crippen LogP contribution >= 0.6 is 0 Å². The molecule has 1 saturated carbocycles. The van der Waals surface area contributed by atoms with E-state index in [9.17, 15) is 23.1 Å². The molecule has 306 valence electrons. The fourth-order valence-electron chi connectivity index (χ4n) is 10.4. The predicted molar refractivity (Wildman–Crippen MR) is 210 cm³/mol. The number of carbonyl (C=O) groups excluding carboxylic acids is 2. The van der Waals surface area contributed by atoms with E-state index in [1.165, 1.54) is 30.2 Å². The number of likely N-dealkylation sites (tertiary alicyclic amines) is 3. The van der Waals surface area contributed by atoms with Crippen LogP contribution in [0.2, 0.25) is 0 Å². The third-order valence-electron chi connectivity index (χ3n) is 13.4. The Hall–Kier alpha value is -3.59. The number of aliphatic hydroxyl groups is 1. The van der Waals surface area contributed by atoms with Gasteiger partial charge in [0.25, 0.3) is 0 Å². The van der Waals surface area contributed by atoms with Gasteiger partial charge in [-0.2, -0.15) is 0 Å². The molecule has 2 aromatic rings. The Morgan fingerprint density at radius 2 is 1.70 bits per heavy atom. The zero-order valence-corrected chi connectivity index (χ0v) is 33.3. The summed E-state index contributed by atoms with van der Waals surface area (Å²) in [7, 11) is -2.82. The van der Waals surface area contributed by atoms with E-state index in [0.717, 1.165) is 69.8 Å². The molecule has 4 saturated heterocycles. The number of β-amino-alcohol motifs (C(OH)–C–C–N with tert-alkyl or cyclic N) is 1. The van der Waals surface area contributed by atoms with E-state index in [4.69, 9.17) is 4.74 Å². The fourth-order valence-corrected chi connectivity index (χ4v) is 12.1. The van der Waals surface area contributed by atoms with Crippen molar-refractivity contribution in [1.29, 1.82) is 0 Å². The van der Waals surface area contributed by atoms with Gasteiger partial charge in [-0.25, -0.2) is 22.0 Å². The first-order chi connectivity index (χ1) is 26.8. The summed E-state index contributed by atoms with van der Waals surface area (Å²) in [6.45, 7) is 8.36. The SMILES string of the molecule is C=CC(=O)N1CCCC[C@](O)(S(=O)(=O)c2ccc(N3CC(F)(CN4CCC(C(CN5CCC5)(c5cccc(F)c5)[C@H]5CCC[C@@H]5NC(=O)OC)CC4)C3)cc2)C1. The summed E-state index contributed by atoms with van der Waals surface area (Å²) in [5, 5.41) is 14.5. The molecule has 5 aliphatic rings. The van der Waals surface area contributed by atoms with Gasteiger partial charge in [0.05, 0.1) is 31.6 Å². The maximum atomic E-state index is 16.3. The number of nitrogens with zero attached hydrogens (tertiary/aromatic N) is 4. The minimum Gasteiger partial charge on any atom is -0.453 e. The molecule has 4 aliphatic heterocycles. The number of carbonyl (C=O) groups is 2. The lowest BCUT2D eigenvalue weighted by atomic mass is 9.57.